The lowest BCUT2D eigenvalue weighted by Gasteiger charge is -2.49. The number of fused-ring (bicyclic) bond motifs is 2. The van der Waals surface area contributed by atoms with Crippen molar-refractivity contribution in [2.45, 2.75) is 43.5 Å². The maximum absolute atomic E-state index is 14.2. The van der Waals surface area contributed by atoms with Gasteiger partial charge >= 0.3 is 6.18 Å². The van der Waals surface area contributed by atoms with Gasteiger partial charge in [-0.05, 0) is 53.3 Å². The third-order valence-electron chi connectivity index (χ3n) is 5.82. The van der Waals surface area contributed by atoms with Crippen LogP contribution in [-0.2, 0) is 5.41 Å². The van der Waals surface area contributed by atoms with Crippen LogP contribution in [0, 0.1) is 0 Å². The molecule has 2 aromatic carbocycles. The van der Waals surface area contributed by atoms with E-state index in [-0.39, 0.29) is 16.9 Å². The zero-order valence-corrected chi connectivity index (χ0v) is 16.3. The van der Waals surface area contributed by atoms with Gasteiger partial charge in [-0.3, -0.25) is 4.79 Å². The van der Waals surface area contributed by atoms with Crippen LogP contribution in [0.4, 0.5) is 18.9 Å². The quantitative estimate of drug-likeness (QED) is 0.498. The molecular weight excluding hydrogens is 397 g/mol. The summed E-state index contributed by atoms with van der Waals surface area (Å²) in [6.07, 6.45) is -5.48. The van der Waals surface area contributed by atoms with Crippen LogP contribution in [0.5, 0.6) is 5.75 Å². The van der Waals surface area contributed by atoms with Crippen LogP contribution < -0.4 is 10.9 Å². The molecule has 3 aromatic rings. The van der Waals surface area contributed by atoms with E-state index >= 15 is 0 Å². The number of nitrogens with one attached hydrogen (secondary N) is 2. The number of hydrogen-bond acceptors (Lipinski definition) is 4. The fourth-order valence-electron chi connectivity index (χ4n) is 4.46. The standard InChI is InChI=1S/C22H21F3N2O3/c1-20(2)11-21(30,22(23,24)25)19(14-10-12(28)6-8-15(14)20)27-17-5-3-4-16-13(17)7-9-18(29)26-16/h3-10,19,27-28,30H,11H2,1-2H3,(H,26,29). The first-order valence-electron chi connectivity index (χ1n) is 9.43. The first kappa shape index (κ1) is 20.3. The second-order valence-corrected chi connectivity index (χ2v) is 8.42. The Labute approximate surface area is 170 Å². The average Bonchev–Trinajstić information content (AvgIpc) is 2.63. The van der Waals surface area contributed by atoms with Crippen molar-refractivity contribution in [2.24, 2.45) is 0 Å². The van der Waals surface area contributed by atoms with Crippen LogP contribution in [0.3, 0.4) is 0 Å². The summed E-state index contributed by atoms with van der Waals surface area (Å²) < 4.78 is 42.5. The number of aromatic nitrogens is 1. The molecule has 0 radical (unpaired) electrons. The van der Waals surface area contributed by atoms with E-state index in [0.29, 0.717) is 22.2 Å². The van der Waals surface area contributed by atoms with E-state index in [2.05, 4.69) is 10.3 Å². The Hall–Kier alpha value is -3.00. The molecule has 2 unspecified atom stereocenters. The van der Waals surface area contributed by atoms with Crippen LogP contribution in [0.2, 0.25) is 0 Å². The molecule has 0 bridgehead atoms. The van der Waals surface area contributed by atoms with Crippen molar-refractivity contribution in [3.05, 3.63) is 70.0 Å². The van der Waals surface area contributed by atoms with E-state index < -0.39 is 29.7 Å². The number of anilines is 1. The van der Waals surface area contributed by atoms with Gasteiger partial charge in [-0.1, -0.05) is 26.0 Å². The normalized spacial score (nSPS) is 23.2. The van der Waals surface area contributed by atoms with Gasteiger partial charge in [-0.15, -0.1) is 0 Å². The Kier molecular flexibility index (Phi) is 4.39. The van der Waals surface area contributed by atoms with Crippen molar-refractivity contribution in [1.82, 2.24) is 4.98 Å². The molecule has 2 atom stereocenters. The number of pyridine rings is 1. The second kappa shape index (κ2) is 6.50. The highest BCUT2D eigenvalue weighted by Crippen LogP contribution is 2.55. The third kappa shape index (κ3) is 3.11. The first-order valence-corrected chi connectivity index (χ1v) is 9.43. The Morgan fingerprint density at radius 1 is 1.13 bits per heavy atom. The summed E-state index contributed by atoms with van der Waals surface area (Å²) in [5, 5.41) is 24.3. The summed E-state index contributed by atoms with van der Waals surface area (Å²) in [4.78, 5) is 14.2. The van der Waals surface area contributed by atoms with Crippen LogP contribution in [-0.4, -0.2) is 27.0 Å². The molecule has 158 valence electrons. The van der Waals surface area contributed by atoms with Gasteiger partial charge in [-0.25, -0.2) is 0 Å². The lowest BCUT2D eigenvalue weighted by atomic mass is 9.63. The topological polar surface area (TPSA) is 85.4 Å². The fourth-order valence-corrected chi connectivity index (χ4v) is 4.46. The number of aromatic amines is 1. The molecule has 1 aliphatic carbocycles. The number of benzene rings is 2. The molecule has 4 rings (SSSR count). The van der Waals surface area contributed by atoms with E-state index in [1.54, 1.807) is 38.1 Å². The molecule has 0 saturated carbocycles. The Morgan fingerprint density at radius 3 is 2.57 bits per heavy atom. The van der Waals surface area contributed by atoms with E-state index in [1.165, 1.54) is 24.3 Å². The minimum absolute atomic E-state index is 0.174. The molecule has 5 nitrogen and oxygen atoms in total. The molecule has 0 amide bonds. The van der Waals surface area contributed by atoms with Gasteiger partial charge in [0.15, 0.2) is 5.60 Å². The maximum Gasteiger partial charge on any atom is 0.419 e. The van der Waals surface area contributed by atoms with Crippen molar-refractivity contribution in [3.8, 4) is 5.75 Å². The lowest BCUT2D eigenvalue weighted by molar-refractivity contribution is -0.275. The van der Waals surface area contributed by atoms with Gasteiger partial charge in [0.2, 0.25) is 5.56 Å². The highest BCUT2D eigenvalue weighted by atomic mass is 19.4. The van der Waals surface area contributed by atoms with Gasteiger partial charge in [0, 0.05) is 17.1 Å². The molecule has 1 aliphatic rings. The number of aromatic hydroxyl groups is 1. The fraction of sp³-hybridized carbons (Fsp3) is 0.318. The first-order chi connectivity index (χ1) is 13.9. The number of phenols is 1. The van der Waals surface area contributed by atoms with Crippen LogP contribution in [0.15, 0.2) is 53.3 Å². The average molecular weight is 418 g/mol. The summed E-state index contributed by atoms with van der Waals surface area (Å²) in [6.45, 7) is 3.27. The number of halogens is 3. The van der Waals surface area contributed by atoms with Gasteiger partial charge in [0.25, 0.3) is 0 Å². The van der Waals surface area contributed by atoms with Gasteiger partial charge < -0.3 is 20.5 Å². The molecule has 1 aromatic heterocycles. The monoisotopic (exact) mass is 418 g/mol. The van der Waals surface area contributed by atoms with Crippen molar-refractivity contribution in [3.63, 3.8) is 0 Å². The molecule has 4 N–H and O–H groups in total. The third-order valence-corrected chi connectivity index (χ3v) is 5.82. The van der Waals surface area contributed by atoms with Gasteiger partial charge in [-0.2, -0.15) is 13.2 Å². The summed E-state index contributed by atoms with van der Waals surface area (Å²) in [6, 6.07) is 10.3. The molecule has 0 aliphatic heterocycles. The molecule has 0 saturated heterocycles. The van der Waals surface area contributed by atoms with Crippen LogP contribution in [0.1, 0.15) is 37.4 Å². The van der Waals surface area contributed by atoms with Crippen molar-refractivity contribution < 1.29 is 23.4 Å². The molecule has 0 spiro atoms. The van der Waals surface area contributed by atoms with E-state index in [1.807, 2.05) is 0 Å². The number of rotatable bonds is 2. The largest absolute Gasteiger partial charge is 0.508 e. The zero-order chi connectivity index (χ0) is 21.9. The van der Waals surface area contributed by atoms with E-state index in [9.17, 15) is 28.2 Å². The minimum atomic E-state index is -4.93. The lowest BCUT2D eigenvalue weighted by Crippen LogP contribution is -2.58. The van der Waals surface area contributed by atoms with Crippen molar-refractivity contribution in [2.75, 3.05) is 5.32 Å². The summed E-state index contributed by atoms with van der Waals surface area (Å²) >= 11 is 0. The Morgan fingerprint density at radius 2 is 1.87 bits per heavy atom. The van der Waals surface area contributed by atoms with E-state index in [4.69, 9.17) is 0 Å². The number of aliphatic hydroxyl groups is 1. The smallest absolute Gasteiger partial charge is 0.419 e. The van der Waals surface area contributed by atoms with Crippen LogP contribution >= 0.6 is 0 Å². The van der Waals surface area contributed by atoms with E-state index in [0.717, 1.165) is 0 Å². The SMILES string of the molecule is CC1(C)CC(O)(C(F)(F)F)C(Nc2cccc3[nH]c(=O)ccc23)c2cc(O)ccc21. The molecule has 30 heavy (non-hydrogen) atoms. The predicted octanol–water partition coefficient (Wildman–Crippen LogP) is 4.36. The minimum Gasteiger partial charge on any atom is -0.508 e. The molecular formula is C22H21F3N2O3. The predicted molar refractivity (Wildman–Crippen MR) is 108 cm³/mol. The van der Waals surface area contributed by atoms with Crippen molar-refractivity contribution in [1.29, 1.82) is 0 Å². The summed E-state index contributed by atoms with van der Waals surface area (Å²) in [7, 11) is 0. The molecule has 1 heterocycles. The van der Waals surface area contributed by atoms with Gasteiger partial charge in [0.1, 0.15) is 5.75 Å². The van der Waals surface area contributed by atoms with Gasteiger partial charge in [0.05, 0.1) is 11.6 Å². The summed E-state index contributed by atoms with van der Waals surface area (Å²) in [5.41, 5.74) is -2.83. The highest BCUT2D eigenvalue weighted by molar-refractivity contribution is 5.91. The number of hydrogen-bond donors (Lipinski definition) is 4. The number of alkyl halides is 3. The second-order valence-electron chi connectivity index (χ2n) is 8.42. The molecule has 0 fully saturated rings. The van der Waals surface area contributed by atoms with Crippen molar-refractivity contribution >= 4 is 16.6 Å². The highest BCUT2D eigenvalue weighted by Gasteiger charge is 2.63. The Balaban J connectivity index is 1.94. The molecule has 8 heteroatoms. The summed E-state index contributed by atoms with van der Waals surface area (Å²) in [5.74, 6) is -0.190. The maximum atomic E-state index is 14.2. The number of phenolic OH excluding ortho intramolecular Hbond substituents is 1. The number of H-pyrrole nitrogens is 1. The van der Waals surface area contributed by atoms with Crippen LogP contribution in [0.25, 0.3) is 10.9 Å². The zero-order valence-electron chi connectivity index (χ0n) is 16.3. The Bertz CT molecular complexity index is 1190.